The van der Waals surface area contributed by atoms with E-state index < -0.39 is 0 Å². The van der Waals surface area contributed by atoms with Crippen LogP contribution in [0.4, 0.5) is 5.82 Å². The van der Waals surface area contributed by atoms with Gasteiger partial charge in [-0.3, -0.25) is 4.90 Å². The Balaban J connectivity index is 1.43. The minimum atomic E-state index is 0.732. The first-order valence-electron chi connectivity index (χ1n) is 8.81. The molecule has 0 bridgehead atoms. The highest BCUT2D eigenvalue weighted by Crippen LogP contribution is 2.28. The molecule has 0 N–H and O–H groups in total. The van der Waals surface area contributed by atoms with E-state index in [9.17, 15) is 0 Å². The van der Waals surface area contributed by atoms with Gasteiger partial charge in [0.2, 0.25) is 0 Å². The quantitative estimate of drug-likeness (QED) is 0.831. The molecule has 0 amide bonds. The molecule has 1 aliphatic carbocycles. The van der Waals surface area contributed by atoms with Crippen molar-refractivity contribution in [2.45, 2.75) is 44.6 Å². The number of hydrogen-bond acceptors (Lipinski definition) is 5. The Morgan fingerprint density at radius 3 is 2.55 bits per heavy atom. The van der Waals surface area contributed by atoms with Crippen LogP contribution in [0, 0.1) is 0 Å². The van der Waals surface area contributed by atoms with Crippen LogP contribution in [-0.4, -0.2) is 60.3 Å². The highest BCUT2D eigenvalue weighted by Gasteiger charge is 2.27. The van der Waals surface area contributed by atoms with Crippen LogP contribution in [0.3, 0.4) is 0 Å². The lowest BCUT2D eigenvalue weighted by Gasteiger charge is -2.41. The highest BCUT2D eigenvalue weighted by molar-refractivity contribution is 5.50. The van der Waals surface area contributed by atoms with E-state index in [1.54, 1.807) is 6.33 Å². The van der Waals surface area contributed by atoms with Crippen molar-refractivity contribution in [3.05, 3.63) is 17.6 Å². The van der Waals surface area contributed by atoms with Gasteiger partial charge in [0.05, 0.1) is 0 Å². The molecular weight excluding hydrogens is 276 g/mol. The Bertz CT molecular complexity index is 507. The van der Waals surface area contributed by atoms with Gasteiger partial charge >= 0.3 is 0 Å². The summed E-state index contributed by atoms with van der Waals surface area (Å²) in [7, 11) is 0. The molecule has 3 heterocycles. The molecule has 1 aromatic rings. The van der Waals surface area contributed by atoms with E-state index in [0.29, 0.717) is 0 Å². The van der Waals surface area contributed by atoms with Crippen LogP contribution in [-0.2, 0) is 17.6 Å². The lowest BCUT2D eigenvalue weighted by Crippen LogP contribution is -2.52. The minimum absolute atomic E-state index is 0.732. The normalized spacial score (nSPS) is 24.3. The van der Waals surface area contributed by atoms with Gasteiger partial charge < -0.3 is 9.64 Å². The summed E-state index contributed by atoms with van der Waals surface area (Å²) in [6.45, 7) is 6.38. The van der Waals surface area contributed by atoms with E-state index in [0.717, 1.165) is 58.3 Å². The molecule has 5 nitrogen and oxygen atoms in total. The van der Waals surface area contributed by atoms with Gasteiger partial charge in [-0.1, -0.05) is 0 Å². The molecule has 3 aliphatic rings. The largest absolute Gasteiger partial charge is 0.381 e. The summed E-state index contributed by atoms with van der Waals surface area (Å²) in [4.78, 5) is 14.3. The summed E-state index contributed by atoms with van der Waals surface area (Å²) >= 11 is 0. The molecule has 2 fully saturated rings. The van der Waals surface area contributed by atoms with Crippen molar-refractivity contribution in [3.8, 4) is 0 Å². The summed E-state index contributed by atoms with van der Waals surface area (Å²) < 4.78 is 5.49. The fourth-order valence-electron chi connectivity index (χ4n) is 4.13. The standard InChI is InChI=1S/C17H26N4O/c1-2-4-16-15(3-1)17(19-13-18-16)21-9-7-20(8-10-21)14-5-11-22-12-6-14/h13-14H,1-12H2. The lowest BCUT2D eigenvalue weighted by molar-refractivity contribution is 0.0320. The van der Waals surface area contributed by atoms with Gasteiger partial charge in [0.25, 0.3) is 0 Å². The molecule has 0 atom stereocenters. The van der Waals surface area contributed by atoms with E-state index >= 15 is 0 Å². The third-order valence-electron chi connectivity index (χ3n) is 5.42. The predicted octanol–water partition coefficient (Wildman–Crippen LogP) is 1.66. The van der Waals surface area contributed by atoms with E-state index in [-0.39, 0.29) is 0 Å². The van der Waals surface area contributed by atoms with Crippen molar-refractivity contribution in [1.82, 2.24) is 14.9 Å². The number of aromatic nitrogens is 2. The monoisotopic (exact) mass is 302 g/mol. The van der Waals surface area contributed by atoms with Crippen LogP contribution in [0.5, 0.6) is 0 Å². The van der Waals surface area contributed by atoms with Crippen molar-refractivity contribution in [2.24, 2.45) is 0 Å². The zero-order chi connectivity index (χ0) is 14.8. The fourth-order valence-corrected chi connectivity index (χ4v) is 4.13. The van der Waals surface area contributed by atoms with Gasteiger partial charge in [-0.05, 0) is 38.5 Å². The Labute approximate surface area is 132 Å². The SMILES string of the molecule is c1nc2c(c(N3CCN(C4CCOCC4)CC3)n1)CCCC2. The lowest BCUT2D eigenvalue weighted by atomic mass is 9.96. The number of piperazine rings is 1. The third-order valence-corrected chi connectivity index (χ3v) is 5.42. The first-order valence-corrected chi connectivity index (χ1v) is 8.81. The summed E-state index contributed by atoms with van der Waals surface area (Å²) in [5, 5.41) is 0. The third kappa shape index (κ3) is 2.84. The minimum Gasteiger partial charge on any atom is -0.381 e. The van der Waals surface area contributed by atoms with Crippen molar-refractivity contribution in [2.75, 3.05) is 44.3 Å². The number of fused-ring (bicyclic) bond motifs is 1. The molecule has 2 aliphatic heterocycles. The zero-order valence-electron chi connectivity index (χ0n) is 13.3. The predicted molar refractivity (Wildman–Crippen MR) is 86.3 cm³/mol. The number of hydrogen-bond donors (Lipinski definition) is 0. The van der Waals surface area contributed by atoms with Crippen LogP contribution in [0.25, 0.3) is 0 Å². The maximum Gasteiger partial charge on any atom is 0.135 e. The first-order chi connectivity index (χ1) is 10.9. The summed E-state index contributed by atoms with van der Waals surface area (Å²) in [6, 6.07) is 0.732. The molecule has 0 spiro atoms. The Hall–Kier alpha value is -1.20. The van der Waals surface area contributed by atoms with Crippen molar-refractivity contribution >= 4 is 5.82 Å². The van der Waals surface area contributed by atoms with Gasteiger partial charge in [0.15, 0.2) is 0 Å². The van der Waals surface area contributed by atoms with Crippen LogP contribution in [0.1, 0.15) is 36.9 Å². The smallest absolute Gasteiger partial charge is 0.135 e. The summed E-state index contributed by atoms with van der Waals surface area (Å²) in [6.07, 6.45) is 9.02. The highest BCUT2D eigenvalue weighted by atomic mass is 16.5. The van der Waals surface area contributed by atoms with Gasteiger partial charge in [-0.25, -0.2) is 9.97 Å². The molecule has 4 rings (SSSR count). The molecule has 5 heteroatoms. The number of nitrogens with zero attached hydrogens (tertiary/aromatic N) is 4. The van der Waals surface area contributed by atoms with Crippen LogP contribution >= 0.6 is 0 Å². The van der Waals surface area contributed by atoms with E-state index in [1.165, 1.54) is 42.8 Å². The van der Waals surface area contributed by atoms with Crippen LogP contribution in [0.2, 0.25) is 0 Å². The van der Waals surface area contributed by atoms with Gasteiger partial charge in [0.1, 0.15) is 12.1 Å². The molecule has 0 unspecified atom stereocenters. The average Bonchev–Trinajstić information content (AvgIpc) is 2.62. The number of rotatable bonds is 2. The van der Waals surface area contributed by atoms with Gasteiger partial charge in [-0.2, -0.15) is 0 Å². The van der Waals surface area contributed by atoms with Crippen molar-refractivity contribution in [1.29, 1.82) is 0 Å². The molecule has 1 aromatic heterocycles. The van der Waals surface area contributed by atoms with Crippen molar-refractivity contribution in [3.63, 3.8) is 0 Å². The fraction of sp³-hybridized carbons (Fsp3) is 0.765. The molecule has 0 aromatic carbocycles. The number of anilines is 1. The summed E-state index contributed by atoms with van der Waals surface area (Å²) in [5.41, 5.74) is 2.72. The number of ether oxygens (including phenoxy) is 1. The van der Waals surface area contributed by atoms with Crippen LogP contribution < -0.4 is 4.90 Å². The van der Waals surface area contributed by atoms with Gasteiger partial charge in [0, 0.05) is 56.7 Å². The van der Waals surface area contributed by atoms with E-state index in [1.807, 2.05) is 0 Å². The van der Waals surface area contributed by atoms with E-state index in [2.05, 4.69) is 19.8 Å². The molecule has 0 radical (unpaired) electrons. The summed E-state index contributed by atoms with van der Waals surface area (Å²) in [5.74, 6) is 1.22. The first kappa shape index (κ1) is 14.4. The Morgan fingerprint density at radius 1 is 0.955 bits per heavy atom. The Morgan fingerprint density at radius 2 is 1.73 bits per heavy atom. The molecule has 120 valence electrons. The van der Waals surface area contributed by atoms with Gasteiger partial charge in [-0.15, -0.1) is 0 Å². The maximum atomic E-state index is 5.49. The van der Waals surface area contributed by atoms with E-state index in [4.69, 9.17) is 4.74 Å². The topological polar surface area (TPSA) is 41.5 Å². The average molecular weight is 302 g/mol. The second-order valence-corrected chi connectivity index (χ2v) is 6.70. The van der Waals surface area contributed by atoms with Crippen molar-refractivity contribution < 1.29 is 4.74 Å². The molecular formula is C17H26N4O. The molecule has 0 saturated carbocycles. The Kier molecular flexibility index (Phi) is 4.26. The van der Waals surface area contributed by atoms with Crippen LogP contribution in [0.15, 0.2) is 6.33 Å². The zero-order valence-corrected chi connectivity index (χ0v) is 13.3. The second kappa shape index (κ2) is 6.50. The number of aryl methyl sites for hydroxylation is 1. The second-order valence-electron chi connectivity index (χ2n) is 6.70. The maximum absolute atomic E-state index is 5.49. The molecule has 2 saturated heterocycles. The molecule has 22 heavy (non-hydrogen) atoms.